The van der Waals surface area contributed by atoms with Crippen LogP contribution in [0.5, 0.6) is 0 Å². The number of nitrogens with one attached hydrogen (secondary N) is 1. The van der Waals surface area contributed by atoms with Crippen LogP contribution in [0.25, 0.3) is 0 Å². The summed E-state index contributed by atoms with van der Waals surface area (Å²) in [4.78, 5) is 11.9. The number of nitrogens with zero attached hydrogens (tertiary/aromatic N) is 2. The van der Waals surface area contributed by atoms with Gasteiger partial charge in [-0.15, -0.1) is 0 Å². The quantitative estimate of drug-likeness (QED) is 0.888. The van der Waals surface area contributed by atoms with Gasteiger partial charge in [0.1, 0.15) is 10.8 Å². The highest BCUT2D eigenvalue weighted by molar-refractivity contribution is 6.32. The molecule has 0 saturated carbocycles. The van der Waals surface area contributed by atoms with E-state index in [0.717, 1.165) is 10.2 Å². The highest BCUT2D eigenvalue weighted by atomic mass is 35.5. The number of benzene rings is 1. The molecule has 2 aromatic rings. The van der Waals surface area contributed by atoms with Crippen LogP contribution >= 0.6 is 11.6 Å². The van der Waals surface area contributed by atoms with Crippen LogP contribution in [-0.2, 0) is 6.54 Å². The molecule has 1 unspecified atom stereocenters. The second-order valence-corrected chi connectivity index (χ2v) is 4.92. The van der Waals surface area contributed by atoms with Gasteiger partial charge in [0.25, 0.3) is 5.56 Å². The third-order valence-corrected chi connectivity index (χ3v) is 3.38. The summed E-state index contributed by atoms with van der Waals surface area (Å²) in [6.45, 7) is 1.71. The molecule has 0 spiro atoms. The van der Waals surface area contributed by atoms with Gasteiger partial charge in [0, 0.05) is 6.04 Å². The Hall–Kier alpha value is -1.92. The molecule has 112 valence electrons. The van der Waals surface area contributed by atoms with Crippen molar-refractivity contribution >= 4 is 17.3 Å². The van der Waals surface area contributed by atoms with Gasteiger partial charge in [-0.05, 0) is 24.6 Å². The van der Waals surface area contributed by atoms with Crippen LogP contribution in [0.4, 0.5) is 10.1 Å². The topological polar surface area (TPSA) is 67.2 Å². The lowest BCUT2D eigenvalue weighted by atomic mass is 10.1. The molecule has 0 aliphatic rings. The highest BCUT2D eigenvalue weighted by Gasteiger charge is 2.12. The Morgan fingerprint density at radius 3 is 2.95 bits per heavy atom. The Kier molecular flexibility index (Phi) is 4.93. The summed E-state index contributed by atoms with van der Waals surface area (Å²) in [6.07, 6.45) is 1.41. The third-order valence-electron chi connectivity index (χ3n) is 3.02. The highest BCUT2D eigenvalue weighted by Crippen LogP contribution is 2.23. The van der Waals surface area contributed by atoms with Gasteiger partial charge < -0.3 is 10.4 Å². The zero-order chi connectivity index (χ0) is 15.4. The normalized spacial score (nSPS) is 12.2. The number of rotatable bonds is 5. The summed E-state index contributed by atoms with van der Waals surface area (Å²) in [5.74, 6) is -0.330. The van der Waals surface area contributed by atoms with E-state index in [2.05, 4.69) is 10.4 Å². The second-order valence-electron chi connectivity index (χ2n) is 4.55. The van der Waals surface area contributed by atoms with Crippen molar-refractivity contribution < 1.29 is 9.50 Å². The maximum Gasteiger partial charge on any atom is 0.287 e. The number of halogens is 2. The van der Waals surface area contributed by atoms with Gasteiger partial charge in [-0.2, -0.15) is 5.10 Å². The average molecular weight is 312 g/mol. The van der Waals surface area contributed by atoms with Crippen molar-refractivity contribution in [3.63, 3.8) is 0 Å². The van der Waals surface area contributed by atoms with Crippen LogP contribution in [0.15, 0.2) is 35.3 Å². The largest absolute Gasteiger partial charge is 0.394 e. The fraction of sp³-hybridized carbons (Fsp3) is 0.286. The molecule has 21 heavy (non-hydrogen) atoms. The fourth-order valence-electron chi connectivity index (χ4n) is 1.91. The van der Waals surface area contributed by atoms with E-state index in [1.807, 2.05) is 6.92 Å². The van der Waals surface area contributed by atoms with Crippen LogP contribution in [0, 0.1) is 5.82 Å². The number of aliphatic hydroxyl groups is 1. The maximum atomic E-state index is 13.2. The van der Waals surface area contributed by atoms with Crippen LogP contribution in [0.3, 0.4) is 0 Å². The van der Waals surface area contributed by atoms with E-state index in [-0.39, 0.29) is 30.0 Å². The molecule has 2 rings (SSSR count). The summed E-state index contributed by atoms with van der Waals surface area (Å²) in [6, 6.07) is 5.91. The summed E-state index contributed by atoms with van der Waals surface area (Å²) >= 11 is 6.01. The molecule has 0 radical (unpaired) electrons. The lowest BCUT2D eigenvalue weighted by molar-refractivity contribution is 0.266. The summed E-state index contributed by atoms with van der Waals surface area (Å²) in [5, 5.41) is 15.8. The second kappa shape index (κ2) is 6.69. The van der Waals surface area contributed by atoms with E-state index in [1.54, 1.807) is 12.1 Å². The number of hydrogen-bond donors (Lipinski definition) is 2. The first-order valence-electron chi connectivity index (χ1n) is 6.41. The summed E-state index contributed by atoms with van der Waals surface area (Å²) in [7, 11) is 0. The minimum absolute atomic E-state index is 0.0123. The van der Waals surface area contributed by atoms with Crippen molar-refractivity contribution in [2.75, 3.05) is 11.9 Å². The predicted octanol–water partition coefficient (Wildman–Crippen LogP) is 2.20. The van der Waals surface area contributed by atoms with E-state index in [0.29, 0.717) is 5.69 Å². The fourth-order valence-corrected chi connectivity index (χ4v) is 2.11. The lowest BCUT2D eigenvalue weighted by Crippen LogP contribution is -2.26. The zero-order valence-electron chi connectivity index (χ0n) is 11.4. The molecule has 0 aliphatic carbocycles. The van der Waals surface area contributed by atoms with Gasteiger partial charge in [0.15, 0.2) is 0 Å². The van der Waals surface area contributed by atoms with E-state index < -0.39 is 5.56 Å². The molecule has 1 aromatic carbocycles. The maximum absolute atomic E-state index is 13.2. The lowest BCUT2D eigenvalue weighted by Gasteiger charge is -2.16. The van der Waals surface area contributed by atoms with E-state index in [9.17, 15) is 9.18 Å². The van der Waals surface area contributed by atoms with Crippen molar-refractivity contribution in [1.82, 2.24) is 9.78 Å². The van der Waals surface area contributed by atoms with Gasteiger partial charge in [-0.1, -0.05) is 23.7 Å². The minimum Gasteiger partial charge on any atom is -0.394 e. The third kappa shape index (κ3) is 3.59. The van der Waals surface area contributed by atoms with Gasteiger partial charge in [-0.25, -0.2) is 9.07 Å². The molecule has 2 N–H and O–H groups in total. The molecule has 1 atom stereocenters. The summed E-state index contributed by atoms with van der Waals surface area (Å²) < 4.78 is 14.3. The average Bonchev–Trinajstić information content (AvgIpc) is 2.47. The molecule has 5 nitrogen and oxygen atoms in total. The number of anilines is 1. The molecule has 0 fully saturated rings. The van der Waals surface area contributed by atoms with Gasteiger partial charge >= 0.3 is 0 Å². The van der Waals surface area contributed by atoms with Crippen LogP contribution in [0.2, 0.25) is 5.02 Å². The Morgan fingerprint density at radius 2 is 2.29 bits per heavy atom. The monoisotopic (exact) mass is 311 g/mol. The van der Waals surface area contributed by atoms with E-state index >= 15 is 0 Å². The van der Waals surface area contributed by atoms with Crippen LogP contribution < -0.4 is 10.9 Å². The van der Waals surface area contributed by atoms with Crippen molar-refractivity contribution in [2.45, 2.75) is 19.5 Å². The van der Waals surface area contributed by atoms with Gasteiger partial charge in [0.05, 0.1) is 25.0 Å². The van der Waals surface area contributed by atoms with Crippen LogP contribution in [-0.4, -0.2) is 21.5 Å². The first kappa shape index (κ1) is 15.5. The van der Waals surface area contributed by atoms with Crippen molar-refractivity contribution in [3.8, 4) is 0 Å². The predicted molar refractivity (Wildman–Crippen MR) is 79.0 cm³/mol. The molecular weight excluding hydrogens is 297 g/mol. The Labute approximate surface area is 126 Å². The van der Waals surface area contributed by atoms with E-state index in [4.69, 9.17) is 16.7 Å². The van der Waals surface area contributed by atoms with Crippen molar-refractivity contribution in [3.05, 3.63) is 57.2 Å². The smallest absolute Gasteiger partial charge is 0.287 e. The SMILES string of the molecule is CC(Nc1cnn(CCO)c(=O)c1Cl)c1cccc(F)c1. The van der Waals surface area contributed by atoms with E-state index in [1.165, 1.54) is 18.3 Å². The molecule has 0 bridgehead atoms. The number of aromatic nitrogens is 2. The molecular formula is C14H15ClFN3O2. The molecule has 0 amide bonds. The Bertz CT molecular complexity index is 690. The summed E-state index contributed by atoms with van der Waals surface area (Å²) in [5.41, 5.74) is 0.611. The molecule has 1 aromatic heterocycles. The zero-order valence-corrected chi connectivity index (χ0v) is 12.1. The molecule has 0 saturated heterocycles. The Balaban J connectivity index is 2.24. The first-order valence-corrected chi connectivity index (χ1v) is 6.79. The van der Waals surface area contributed by atoms with Crippen molar-refractivity contribution in [2.24, 2.45) is 0 Å². The molecule has 1 heterocycles. The van der Waals surface area contributed by atoms with Gasteiger partial charge in [0.2, 0.25) is 0 Å². The first-order chi connectivity index (χ1) is 10.0. The molecule has 7 heteroatoms. The number of aliphatic hydroxyl groups excluding tert-OH is 1. The molecule has 0 aliphatic heterocycles. The van der Waals surface area contributed by atoms with Crippen LogP contribution in [0.1, 0.15) is 18.5 Å². The van der Waals surface area contributed by atoms with Crippen molar-refractivity contribution in [1.29, 1.82) is 0 Å². The minimum atomic E-state index is -0.484. The number of hydrogen-bond acceptors (Lipinski definition) is 4. The van der Waals surface area contributed by atoms with Gasteiger partial charge in [-0.3, -0.25) is 4.79 Å². The standard InChI is InChI=1S/C14H15ClFN3O2/c1-9(10-3-2-4-11(16)7-10)18-12-8-17-19(5-6-20)14(21)13(12)15/h2-4,7-9,18,20H,5-6H2,1H3. The Morgan fingerprint density at radius 1 is 1.52 bits per heavy atom.